The van der Waals surface area contributed by atoms with Gasteiger partial charge in [-0.1, -0.05) is 91.0 Å². The van der Waals surface area contributed by atoms with Crippen molar-refractivity contribution >= 4 is 6.08 Å². The van der Waals surface area contributed by atoms with Gasteiger partial charge in [-0.2, -0.15) is 0 Å². The van der Waals surface area contributed by atoms with E-state index in [9.17, 15) is 0 Å². The van der Waals surface area contributed by atoms with E-state index in [-0.39, 0.29) is 0 Å². The molecule has 0 bridgehead atoms. The van der Waals surface area contributed by atoms with E-state index in [1.165, 1.54) is 27.8 Å². The van der Waals surface area contributed by atoms with Crippen LogP contribution in [0.15, 0.2) is 79.4 Å². The number of rotatable bonds is 3. The quantitative estimate of drug-likeness (QED) is 0.550. The third-order valence-corrected chi connectivity index (χ3v) is 3.75. The molecule has 0 saturated heterocycles. The zero-order valence-corrected chi connectivity index (χ0v) is 12.2. The molecule has 0 heterocycles. The molecule has 0 radical (unpaired) electrons. The van der Waals surface area contributed by atoms with E-state index < -0.39 is 0 Å². The van der Waals surface area contributed by atoms with Gasteiger partial charge >= 0.3 is 0 Å². The fourth-order valence-electron chi connectivity index (χ4n) is 2.41. The summed E-state index contributed by atoms with van der Waals surface area (Å²) < 4.78 is 0. The summed E-state index contributed by atoms with van der Waals surface area (Å²) >= 11 is 0. The minimum absolute atomic E-state index is 1.15. The van der Waals surface area contributed by atoms with Crippen LogP contribution < -0.4 is 0 Å². The first-order chi connectivity index (χ1) is 10.3. The Morgan fingerprint density at radius 1 is 0.571 bits per heavy atom. The van der Waals surface area contributed by atoms with Gasteiger partial charge in [0.1, 0.15) is 0 Å². The van der Waals surface area contributed by atoms with Crippen molar-refractivity contribution in [3.63, 3.8) is 0 Å². The van der Waals surface area contributed by atoms with Crippen molar-refractivity contribution in [2.45, 2.75) is 6.92 Å². The van der Waals surface area contributed by atoms with Gasteiger partial charge in [0.15, 0.2) is 0 Å². The fourth-order valence-corrected chi connectivity index (χ4v) is 2.41. The Morgan fingerprint density at radius 3 is 1.29 bits per heavy atom. The average molecular weight is 270 g/mol. The maximum atomic E-state index is 3.78. The van der Waals surface area contributed by atoms with Gasteiger partial charge in [-0.05, 0) is 34.7 Å². The van der Waals surface area contributed by atoms with Crippen LogP contribution in [0.5, 0.6) is 0 Å². The van der Waals surface area contributed by atoms with E-state index in [2.05, 4.69) is 86.3 Å². The van der Waals surface area contributed by atoms with Crippen LogP contribution in [-0.4, -0.2) is 0 Å². The Kier molecular flexibility index (Phi) is 3.70. The summed E-state index contributed by atoms with van der Waals surface area (Å²) in [7, 11) is 0. The van der Waals surface area contributed by atoms with Crippen LogP contribution in [0, 0.1) is 6.92 Å². The minimum atomic E-state index is 1.15. The second-order valence-electron chi connectivity index (χ2n) is 5.27. The van der Waals surface area contributed by atoms with Gasteiger partial charge in [-0.15, -0.1) is 0 Å². The van der Waals surface area contributed by atoms with Crippen LogP contribution in [-0.2, 0) is 0 Å². The number of hydrogen-bond acceptors (Lipinski definition) is 0. The third kappa shape index (κ3) is 2.95. The van der Waals surface area contributed by atoms with Crippen molar-refractivity contribution in [2.24, 2.45) is 0 Å². The van der Waals surface area contributed by atoms with Gasteiger partial charge in [0.05, 0.1) is 0 Å². The molecule has 0 N–H and O–H groups in total. The Morgan fingerprint density at radius 2 is 0.905 bits per heavy atom. The van der Waals surface area contributed by atoms with Crippen molar-refractivity contribution < 1.29 is 0 Å². The molecule has 0 aliphatic heterocycles. The highest BCUT2D eigenvalue weighted by Gasteiger charge is 2.00. The molecule has 0 aliphatic rings. The van der Waals surface area contributed by atoms with Crippen LogP contribution in [0.3, 0.4) is 0 Å². The van der Waals surface area contributed by atoms with Crippen LogP contribution in [0.1, 0.15) is 11.1 Å². The molecule has 0 spiro atoms. The molecular formula is C21H18. The van der Waals surface area contributed by atoms with E-state index in [4.69, 9.17) is 0 Å². The largest absolute Gasteiger partial charge is 0.0985 e. The Balaban J connectivity index is 1.89. The molecule has 0 atom stereocenters. The van der Waals surface area contributed by atoms with E-state index in [0.717, 1.165) is 5.56 Å². The van der Waals surface area contributed by atoms with E-state index in [1.54, 1.807) is 0 Å². The molecule has 0 aromatic heterocycles. The van der Waals surface area contributed by atoms with Crippen LogP contribution >= 0.6 is 0 Å². The van der Waals surface area contributed by atoms with Gasteiger partial charge in [-0.3, -0.25) is 0 Å². The van der Waals surface area contributed by atoms with E-state index in [0.29, 0.717) is 0 Å². The minimum Gasteiger partial charge on any atom is -0.0985 e. The lowest BCUT2D eigenvalue weighted by Gasteiger charge is -2.06. The fraction of sp³-hybridized carbons (Fsp3) is 0.0476. The Hall–Kier alpha value is -2.60. The van der Waals surface area contributed by atoms with Gasteiger partial charge in [-0.25, -0.2) is 0 Å². The number of hydrogen-bond donors (Lipinski definition) is 0. The summed E-state index contributed by atoms with van der Waals surface area (Å²) in [6.45, 7) is 5.90. The van der Waals surface area contributed by atoms with Crippen LogP contribution in [0.2, 0.25) is 0 Å². The number of aryl methyl sites for hydroxylation is 1. The summed E-state index contributed by atoms with van der Waals surface area (Å²) in [5.74, 6) is 0. The molecule has 0 nitrogen and oxygen atoms in total. The molecule has 0 fully saturated rings. The first kappa shape index (κ1) is 13.4. The first-order valence-corrected chi connectivity index (χ1v) is 7.16. The average Bonchev–Trinajstić information content (AvgIpc) is 2.56. The molecule has 21 heavy (non-hydrogen) atoms. The predicted molar refractivity (Wildman–Crippen MR) is 92.1 cm³/mol. The van der Waals surface area contributed by atoms with E-state index in [1.807, 2.05) is 6.08 Å². The predicted octanol–water partition coefficient (Wildman–Crippen LogP) is 5.97. The van der Waals surface area contributed by atoms with Crippen molar-refractivity contribution in [1.82, 2.24) is 0 Å². The van der Waals surface area contributed by atoms with Crippen LogP contribution in [0.25, 0.3) is 28.3 Å². The van der Waals surface area contributed by atoms with E-state index >= 15 is 0 Å². The molecule has 0 amide bonds. The standard InChI is InChI=1S/C21H18/c1-3-17-6-10-19(11-7-17)21-14-12-20(13-15-21)18-8-4-16(2)5-9-18/h3-15H,1H2,2H3. The SMILES string of the molecule is C=Cc1ccc(-c2ccc(-c3ccc(C)cc3)cc2)cc1. The Bertz CT molecular complexity index is 730. The van der Waals surface area contributed by atoms with Crippen molar-refractivity contribution in [1.29, 1.82) is 0 Å². The summed E-state index contributed by atoms with van der Waals surface area (Å²) in [5.41, 5.74) is 7.42. The zero-order chi connectivity index (χ0) is 14.7. The lowest BCUT2D eigenvalue weighted by atomic mass is 9.99. The third-order valence-electron chi connectivity index (χ3n) is 3.75. The maximum absolute atomic E-state index is 3.78. The van der Waals surface area contributed by atoms with Crippen molar-refractivity contribution in [2.75, 3.05) is 0 Å². The lowest BCUT2D eigenvalue weighted by molar-refractivity contribution is 1.47. The molecule has 3 rings (SSSR count). The van der Waals surface area contributed by atoms with Crippen LogP contribution in [0.4, 0.5) is 0 Å². The Labute approximate surface area is 126 Å². The summed E-state index contributed by atoms with van der Waals surface area (Å²) in [5, 5.41) is 0. The number of benzene rings is 3. The van der Waals surface area contributed by atoms with Crippen molar-refractivity contribution in [3.8, 4) is 22.3 Å². The smallest absolute Gasteiger partial charge is 0.0184 e. The summed E-state index contributed by atoms with van der Waals surface area (Å²) in [6.07, 6.45) is 1.87. The van der Waals surface area contributed by atoms with Gasteiger partial charge in [0.2, 0.25) is 0 Å². The highest BCUT2D eigenvalue weighted by atomic mass is 14.0. The second kappa shape index (κ2) is 5.80. The molecule has 102 valence electrons. The molecule has 3 aromatic carbocycles. The van der Waals surface area contributed by atoms with Gasteiger partial charge < -0.3 is 0 Å². The second-order valence-corrected chi connectivity index (χ2v) is 5.27. The van der Waals surface area contributed by atoms with Gasteiger partial charge in [0.25, 0.3) is 0 Å². The highest BCUT2D eigenvalue weighted by Crippen LogP contribution is 2.25. The summed E-state index contributed by atoms with van der Waals surface area (Å²) in [6, 6.07) is 25.8. The molecule has 0 heteroatoms. The lowest BCUT2D eigenvalue weighted by Crippen LogP contribution is -1.81. The molecule has 0 unspecified atom stereocenters. The topological polar surface area (TPSA) is 0 Å². The van der Waals surface area contributed by atoms with Crippen molar-refractivity contribution in [3.05, 3.63) is 90.5 Å². The molecule has 3 aromatic rings. The van der Waals surface area contributed by atoms with Gasteiger partial charge in [0, 0.05) is 0 Å². The molecule has 0 aliphatic carbocycles. The normalized spacial score (nSPS) is 10.3. The monoisotopic (exact) mass is 270 g/mol. The zero-order valence-electron chi connectivity index (χ0n) is 12.2. The maximum Gasteiger partial charge on any atom is -0.0184 e. The molecular weight excluding hydrogens is 252 g/mol. The highest BCUT2D eigenvalue weighted by molar-refractivity contribution is 5.71. The first-order valence-electron chi connectivity index (χ1n) is 7.16. The summed E-state index contributed by atoms with van der Waals surface area (Å²) in [4.78, 5) is 0. The molecule has 0 saturated carbocycles.